The Morgan fingerprint density at radius 2 is 2.00 bits per heavy atom. The SMILES string of the molecule is CCC(C)(NCC(C)N1CCCCC1)C(=O)O. The average Bonchev–Trinajstić information content (AvgIpc) is 2.36. The van der Waals surface area contributed by atoms with Crippen LogP contribution < -0.4 is 5.32 Å². The predicted molar refractivity (Wildman–Crippen MR) is 69.2 cm³/mol. The molecule has 100 valence electrons. The van der Waals surface area contributed by atoms with Gasteiger partial charge in [-0.05, 0) is 46.2 Å². The van der Waals surface area contributed by atoms with Gasteiger partial charge in [-0.3, -0.25) is 9.69 Å². The molecule has 1 fully saturated rings. The maximum absolute atomic E-state index is 11.2. The lowest BCUT2D eigenvalue weighted by Crippen LogP contribution is -2.54. The van der Waals surface area contributed by atoms with E-state index in [0.717, 1.165) is 19.6 Å². The Morgan fingerprint density at radius 1 is 1.41 bits per heavy atom. The number of piperidine rings is 1. The van der Waals surface area contributed by atoms with E-state index in [1.807, 2.05) is 6.92 Å². The Morgan fingerprint density at radius 3 is 2.47 bits per heavy atom. The fourth-order valence-electron chi connectivity index (χ4n) is 2.21. The largest absolute Gasteiger partial charge is 0.480 e. The topological polar surface area (TPSA) is 52.6 Å². The molecule has 0 aromatic carbocycles. The number of rotatable bonds is 6. The van der Waals surface area contributed by atoms with Gasteiger partial charge in [-0.15, -0.1) is 0 Å². The normalized spacial score (nSPS) is 23.0. The Balaban J connectivity index is 2.40. The van der Waals surface area contributed by atoms with Crippen LogP contribution in [-0.2, 0) is 4.79 Å². The van der Waals surface area contributed by atoms with Gasteiger partial charge < -0.3 is 10.4 Å². The number of hydrogen-bond donors (Lipinski definition) is 2. The van der Waals surface area contributed by atoms with Crippen LogP contribution in [0, 0.1) is 0 Å². The Hall–Kier alpha value is -0.610. The van der Waals surface area contributed by atoms with Crippen molar-refractivity contribution in [2.75, 3.05) is 19.6 Å². The van der Waals surface area contributed by atoms with Gasteiger partial charge in [0.1, 0.15) is 5.54 Å². The summed E-state index contributed by atoms with van der Waals surface area (Å²) in [6.45, 7) is 8.90. The molecule has 2 atom stereocenters. The van der Waals surface area contributed by atoms with Crippen molar-refractivity contribution in [3.63, 3.8) is 0 Å². The molecule has 1 saturated heterocycles. The minimum atomic E-state index is -0.788. The van der Waals surface area contributed by atoms with E-state index in [9.17, 15) is 9.90 Å². The van der Waals surface area contributed by atoms with Crippen molar-refractivity contribution in [1.82, 2.24) is 10.2 Å². The average molecular weight is 242 g/mol. The van der Waals surface area contributed by atoms with Crippen molar-refractivity contribution >= 4 is 5.97 Å². The fourth-order valence-corrected chi connectivity index (χ4v) is 2.21. The van der Waals surface area contributed by atoms with E-state index in [1.54, 1.807) is 6.92 Å². The molecule has 4 heteroatoms. The molecule has 0 aliphatic carbocycles. The molecule has 2 N–H and O–H groups in total. The summed E-state index contributed by atoms with van der Waals surface area (Å²) in [5, 5.41) is 12.4. The standard InChI is InChI=1S/C13H26N2O2/c1-4-13(3,12(16)17)14-10-11(2)15-8-6-5-7-9-15/h11,14H,4-10H2,1-3H3,(H,16,17). The zero-order valence-corrected chi connectivity index (χ0v) is 11.3. The molecule has 4 nitrogen and oxygen atoms in total. The summed E-state index contributed by atoms with van der Waals surface area (Å²) in [4.78, 5) is 13.6. The molecule has 17 heavy (non-hydrogen) atoms. The van der Waals surface area contributed by atoms with Crippen LogP contribution in [0.5, 0.6) is 0 Å². The molecule has 0 aromatic heterocycles. The Kier molecular flexibility index (Phi) is 5.40. The second-order valence-corrected chi connectivity index (χ2v) is 5.32. The molecule has 1 aliphatic rings. The van der Waals surface area contributed by atoms with E-state index < -0.39 is 11.5 Å². The summed E-state index contributed by atoms with van der Waals surface area (Å²) in [5.74, 6) is -0.758. The lowest BCUT2D eigenvalue weighted by atomic mass is 9.98. The van der Waals surface area contributed by atoms with Crippen molar-refractivity contribution in [3.8, 4) is 0 Å². The van der Waals surface area contributed by atoms with Crippen LogP contribution in [0.1, 0.15) is 46.5 Å². The van der Waals surface area contributed by atoms with Gasteiger partial charge in [0.2, 0.25) is 0 Å². The fraction of sp³-hybridized carbons (Fsp3) is 0.923. The number of hydrogen-bond acceptors (Lipinski definition) is 3. The minimum absolute atomic E-state index is 0.417. The second-order valence-electron chi connectivity index (χ2n) is 5.32. The van der Waals surface area contributed by atoms with Gasteiger partial charge in [0.05, 0.1) is 0 Å². The zero-order valence-electron chi connectivity index (χ0n) is 11.3. The number of carboxylic acids is 1. The van der Waals surface area contributed by atoms with Gasteiger partial charge in [-0.25, -0.2) is 0 Å². The van der Waals surface area contributed by atoms with Crippen molar-refractivity contribution in [2.24, 2.45) is 0 Å². The van der Waals surface area contributed by atoms with Crippen molar-refractivity contribution < 1.29 is 9.90 Å². The van der Waals surface area contributed by atoms with E-state index in [-0.39, 0.29) is 0 Å². The van der Waals surface area contributed by atoms with Crippen LogP contribution in [0.15, 0.2) is 0 Å². The van der Waals surface area contributed by atoms with E-state index in [4.69, 9.17) is 0 Å². The summed E-state index contributed by atoms with van der Waals surface area (Å²) in [6, 6.07) is 0.417. The highest BCUT2D eigenvalue weighted by Crippen LogP contribution is 2.13. The van der Waals surface area contributed by atoms with E-state index >= 15 is 0 Å². The van der Waals surface area contributed by atoms with Crippen LogP contribution in [0.4, 0.5) is 0 Å². The van der Waals surface area contributed by atoms with Gasteiger partial charge in [0.25, 0.3) is 0 Å². The summed E-state index contributed by atoms with van der Waals surface area (Å²) >= 11 is 0. The Labute approximate surface area is 104 Å². The van der Waals surface area contributed by atoms with Crippen LogP contribution >= 0.6 is 0 Å². The monoisotopic (exact) mass is 242 g/mol. The number of nitrogens with zero attached hydrogens (tertiary/aromatic N) is 1. The smallest absolute Gasteiger partial charge is 0.323 e. The highest BCUT2D eigenvalue weighted by atomic mass is 16.4. The minimum Gasteiger partial charge on any atom is -0.480 e. The summed E-state index contributed by atoms with van der Waals surface area (Å²) < 4.78 is 0. The lowest BCUT2D eigenvalue weighted by molar-refractivity contribution is -0.144. The molecule has 1 rings (SSSR count). The quantitative estimate of drug-likeness (QED) is 0.744. The molecule has 0 bridgehead atoms. The first-order chi connectivity index (χ1) is 7.99. The van der Waals surface area contributed by atoms with Crippen molar-refractivity contribution in [3.05, 3.63) is 0 Å². The molecule has 2 unspecified atom stereocenters. The van der Waals surface area contributed by atoms with Crippen LogP contribution in [-0.4, -0.2) is 47.2 Å². The Bertz CT molecular complexity index is 252. The van der Waals surface area contributed by atoms with Gasteiger partial charge in [-0.2, -0.15) is 0 Å². The highest BCUT2D eigenvalue weighted by molar-refractivity contribution is 5.78. The third kappa shape index (κ3) is 3.96. The third-order valence-electron chi connectivity index (χ3n) is 3.98. The van der Waals surface area contributed by atoms with E-state index in [2.05, 4.69) is 17.1 Å². The molecular weight excluding hydrogens is 216 g/mol. The summed E-state index contributed by atoms with van der Waals surface area (Å²) in [7, 11) is 0. The molecule has 0 aromatic rings. The van der Waals surface area contributed by atoms with Crippen molar-refractivity contribution in [2.45, 2.75) is 58.0 Å². The maximum atomic E-state index is 11.2. The maximum Gasteiger partial charge on any atom is 0.323 e. The van der Waals surface area contributed by atoms with Crippen LogP contribution in [0.25, 0.3) is 0 Å². The second kappa shape index (κ2) is 6.36. The molecule has 0 spiro atoms. The number of carbonyl (C=O) groups is 1. The first-order valence-electron chi connectivity index (χ1n) is 6.72. The molecule has 0 saturated carbocycles. The van der Waals surface area contributed by atoms with E-state index in [1.165, 1.54) is 19.3 Å². The molecular formula is C13H26N2O2. The molecule has 0 amide bonds. The highest BCUT2D eigenvalue weighted by Gasteiger charge is 2.31. The van der Waals surface area contributed by atoms with Gasteiger partial charge in [-0.1, -0.05) is 13.3 Å². The van der Waals surface area contributed by atoms with Crippen LogP contribution in [0.2, 0.25) is 0 Å². The zero-order chi connectivity index (χ0) is 12.9. The van der Waals surface area contributed by atoms with Gasteiger partial charge >= 0.3 is 5.97 Å². The molecule has 0 radical (unpaired) electrons. The van der Waals surface area contributed by atoms with Gasteiger partial charge in [0.15, 0.2) is 0 Å². The lowest BCUT2D eigenvalue weighted by Gasteiger charge is -2.34. The number of aliphatic carboxylic acids is 1. The summed E-state index contributed by atoms with van der Waals surface area (Å²) in [5.41, 5.74) is -0.788. The third-order valence-corrected chi connectivity index (χ3v) is 3.98. The first kappa shape index (κ1) is 14.5. The number of likely N-dealkylation sites (tertiary alicyclic amines) is 1. The van der Waals surface area contributed by atoms with Crippen LogP contribution in [0.3, 0.4) is 0 Å². The molecule has 1 heterocycles. The molecule has 1 aliphatic heterocycles. The number of carboxylic acid groups (broad SMARTS) is 1. The van der Waals surface area contributed by atoms with E-state index in [0.29, 0.717) is 12.5 Å². The first-order valence-corrected chi connectivity index (χ1v) is 6.72. The van der Waals surface area contributed by atoms with Crippen molar-refractivity contribution in [1.29, 1.82) is 0 Å². The predicted octanol–water partition coefficient (Wildman–Crippen LogP) is 1.70. The number of nitrogens with one attached hydrogen (secondary N) is 1. The van der Waals surface area contributed by atoms with Gasteiger partial charge in [0, 0.05) is 12.6 Å². The summed E-state index contributed by atoms with van der Waals surface area (Å²) in [6.07, 6.45) is 4.48.